The average Bonchev–Trinajstić information content (AvgIpc) is 3.01. The fraction of sp³-hybridized carbons (Fsp3) is 0.688. The maximum Gasteiger partial charge on any atom is 0.228 e. The van der Waals surface area contributed by atoms with Crippen LogP contribution in [0.3, 0.4) is 0 Å². The van der Waals surface area contributed by atoms with Gasteiger partial charge in [0, 0.05) is 45.0 Å². The third kappa shape index (κ3) is 3.72. The van der Waals surface area contributed by atoms with E-state index in [0.717, 1.165) is 45.7 Å². The summed E-state index contributed by atoms with van der Waals surface area (Å²) in [5, 5.41) is 0. The van der Waals surface area contributed by atoms with Crippen LogP contribution in [0.1, 0.15) is 13.3 Å². The molecule has 126 valence electrons. The Morgan fingerprint density at radius 3 is 2.74 bits per heavy atom. The molecule has 0 spiro atoms. The number of piperazine rings is 1. The van der Waals surface area contributed by atoms with E-state index in [2.05, 4.69) is 26.8 Å². The molecule has 0 saturated carbocycles. The quantitative estimate of drug-likeness (QED) is 0.804. The van der Waals surface area contributed by atoms with Gasteiger partial charge in [-0.2, -0.15) is 4.98 Å². The van der Waals surface area contributed by atoms with Gasteiger partial charge in [-0.3, -0.25) is 4.79 Å². The summed E-state index contributed by atoms with van der Waals surface area (Å²) in [6, 6.07) is 1.77. The minimum atomic E-state index is 0.170. The molecule has 0 aliphatic carbocycles. The van der Waals surface area contributed by atoms with Crippen molar-refractivity contribution >= 4 is 11.9 Å². The van der Waals surface area contributed by atoms with Crippen LogP contribution in [0.4, 0.5) is 5.95 Å². The molecule has 3 heterocycles. The van der Waals surface area contributed by atoms with Crippen LogP contribution in [0.2, 0.25) is 0 Å². The lowest BCUT2D eigenvalue weighted by molar-refractivity contribution is -0.135. The zero-order valence-corrected chi connectivity index (χ0v) is 13.9. The third-order valence-electron chi connectivity index (χ3n) is 4.52. The van der Waals surface area contributed by atoms with Crippen molar-refractivity contribution in [2.75, 3.05) is 57.8 Å². The summed E-state index contributed by atoms with van der Waals surface area (Å²) >= 11 is 0. The van der Waals surface area contributed by atoms with E-state index in [-0.39, 0.29) is 5.92 Å². The molecule has 1 amide bonds. The van der Waals surface area contributed by atoms with Crippen molar-refractivity contribution in [3.63, 3.8) is 0 Å². The number of carbonyl (C=O) groups excluding carboxylic acids is 1. The lowest BCUT2D eigenvalue weighted by atomic mass is 10.1. The maximum absolute atomic E-state index is 12.6. The average molecular weight is 319 g/mol. The van der Waals surface area contributed by atoms with E-state index < -0.39 is 0 Å². The van der Waals surface area contributed by atoms with Gasteiger partial charge in [-0.1, -0.05) is 0 Å². The van der Waals surface area contributed by atoms with Gasteiger partial charge in [-0.25, -0.2) is 4.98 Å². The highest BCUT2D eigenvalue weighted by Gasteiger charge is 2.31. The van der Waals surface area contributed by atoms with Crippen LogP contribution < -0.4 is 9.64 Å². The number of amides is 1. The van der Waals surface area contributed by atoms with Crippen molar-refractivity contribution in [1.82, 2.24) is 19.8 Å². The Morgan fingerprint density at radius 1 is 1.30 bits per heavy atom. The number of likely N-dealkylation sites (tertiary alicyclic amines) is 1. The number of ether oxygens (including phenoxy) is 1. The van der Waals surface area contributed by atoms with Gasteiger partial charge in [0.1, 0.15) is 0 Å². The molecule has 2 aliphatic heterocycles. The summed E-state index contributed by atoms with van der Waals surface area (Å²) in [6.07, 6.45) is 2.70. The highest BCUT2D eigenvalue weighted by Crippen LogP contribution is 2.20. The summed E-state index contributed by atoms with van der Waals surface area (Å²) < 4.78 is 5.43. The van der Waals surface area contributed by atoms with Crippen LogP contribution in [-0.4, -0.2) is 78.6 Å². The van der Waals surface area contributed by atoms with E-state index in [1.807, 2.05) is 11.8 Å². The van der Waals surface area contributed by atoms with Gasteiger partial charge in [0.05, 0.1) is 12.5 Å². The first kappa shape index (κ1) is 16.0. The van der Waals surface area contributed by atoms with E-state index >= 15 is 0 Å². The predicted molar refractivity (Wildman–Crippen MR) is 87.6 cm³/mol. The molecule has 0 bridgehead atoms. The maximum atomic E-state index is 12.6. The van der Waals surface area contributed by atoms with Gasteiger partial charge in [-0.05, 0) is 26.9 Å². The number of nitrogens with zero attached hydrogens (tertiary/aromatic N) is 5. The smallest absolute Gasteiger partial charge is 0.228 e. The highest BCUT2D eigenvalue weighted by molar-refractivity contribution is 5.79. The Balaban J connectivity index is 1.56. The first-order valence-electron chi connectivity index (χ1n) is 8.35. The molecule has 7 heteroatoms. The van der Waals surface area contributed by atoms with Crippen LogP contribution in [0, 0.1) is 5.92 Å². The topological polar surface area (TPSA) is 61.8 Å². The molecular formula is C16H25N5O2. The molecule has 23 heavy (non-hydrogen) atoms. The van der Waals surface area contributed by atoms with Crippen molar-refractivity contribution in [3.05, 3.63) is 12.3 Å². The highest BCUT2D eigenvalue weighted by atomic mass is 16.5. The van der Waals surface area contributed by atoms with Crippen LogP contribution in [0.25, 0.3) is 0 Å². The van der Waals surface area contributed by atoms with Crippen LogP contribution in [0.15, 0.2) is 12.3 Å². The standard InChI is InChI=1S/C16H25N5O2/c1-3-23-14-4-6-17-16(18-14)21-10-8-20(9-11-21)15(22)13-5-7-19(2)12-13/h4,6,13H,3,5,7-12H2,1-2H3/t13-/m1/s1. The largest absolute Gasteiger partial charge is 0.478 e. The monoisotopic (exact) mass is 319 g/mol. The van der Waals surface area contributed by atoms with Crippen molar-refractivity contribution in [2.24, 2.45) is 5.92 Å². The number of rotatable bonds is 4. The minimum absolute atomic E-state index is 0.170. The Bertz CT molecular complexity index is 545. The predicted octanol–water partition coefficient (Wildman–Crippen LogP) is 0.476. The van der Waals surface area contributed by atoms with Crippen LogP contribution >= 0.6 is 0 Å². The molecule has 1 atom stereocenters. The van der Waals surface area contributed by atoms with E-state index in [1.165, 1.54) is 0 Å². The van der Waals surface area contributed by atoms with Gasteiger partial charge in [-0.15, -0.1) is 0 Å². The number of hydrogen-bond acceptors (Lipinski definition) is 6. The van der Waals surface area contributed by atoms with Gasteiger partial charge in [0.2, 0.25) is 17.7 Å². The molecule has 2 aliphatic rings. The first-order valence-corrected chi connectivity index (χ1v) is 8.35. The van der Waals surface area contributed by atoms with Gasteiger partial charge in [0.25, 0.3) is 0 Å². The first-order chi connectivity index (χ1) is 11.2. The fourth-order valence-electron chi connectivity index (χ4n) is 3.23. The Hall–Kier alpha value is -1.89. The molecule has 1 aromatic heterocycles. The normalized spacial score (nSPS) is 22.4. The van der Waals surface area contributed by atoms with E-state index in [1.54, 1.807) is 12.3 Å². The molecule has 2 saturated heterocycles. The van der Waals surface area contributed by atoms with E-state index in [0.29, 0.717) is 24.3 Å². The van der Waals surface area contributed by atoms with E-state index in [4.69, 9.17) is 4.74 Å². The molecule has 7 nitrogen and oxygen atoms in total. The summed E-state index contributed by atoms with van der Waals surface area (Å²) in [5.74, 6) is 1.76. The SMILES string of the molecule is CCOc1ccnc(N2CCN(C(=O)[C@@H]3CCN(C)C3)CC2)n1. The Kier molecular flexibility index (Phi) is 4.95. The fourth-order valence-corrected chi connectivity index (χ4v) is 3.23. The van der Waals surface area contributed by atoms with Gasteiger partial charge in [0.15, 0.2) is 0 Å². The van der Waals surface area contributed by atoms with Crippen molar-refractivity contribution in [2.45, 2.75) is 13.3 Å². The number of hydrogen-bond donors (Lipinski definition) is 0. The zero-order valence-electron chi connectivity index (χ0n) is 13.9. The Morgan fingerprint density at radius 2 is 2.09 bits per heavy atom. The molecule has 2 fully saturated rings. The lowest BCUT2D eigenvalue weighted by Crippen LogP contribution is -2.51. The third-order valence-corrected chi connectivity index (χ3v) is 4.52. The van der Waals surface area contributed by atoms with E-state index in [9.17, 15) is 4.79 Å². The lowest BCUT2D eigenvalue weighted by Gasteiger charge is -2.36. The second-order valence-electron chi connectivity index (χ2n) is 6.19. The molecule has 0 radical (unpaired) electrons. The molecule has 1 aromatic rings. The summed E-state index contributed by atoms with van der Waals surface area (Å²) in [6.45, 7) is 7.45. The number of carbonyl (C=O) groups is 1. The second-order valence-corrected chi connectivity index (χ2v) is 6.19. The minimum Gasteiger partial charge on any atom is -0.478 e. The zero-order chi connectivity index (χ0) is 16.2. The summed E-state index contributed by atoms with van der Waals surface area (Å²) in [4.78, 5) is 27.7. The van der Waals surface area contributed by atoms with Crippen LogP contribution in [0.5, 0.6) is 5.88 Å². The summed E-state index contributed by atoms with van der Waals surface area (Å²) in [5.41, 5.74) is 0. The number of aromatic nitrogens is 2. The van der Waals surface area contributed by atoms with Crippen molar-refractivity contribution in [3.8, 4) is 5.88 Å². The molecule has 0 N–H and O–H groups in total. The summed E-state index contributed by atoms with van der Waals surface area (Å²) in [7, 11) is 2.08. The van der Waals surface area contributed by atoms with Crippen molar-refractivity contribution in [1.29, 1.82) is 0 Å². The molecule has 3 rings (SSSR count). The Labute approximate surface area is 137 Å². The molecule has 0 aromatic carbocycles. The van der Waals surface area contributed by atoms with Gasteiger partial charge >= 0.3 is 0 Å². The van der Waals surface area contributed by atoms with Crippen molar-refractivity contribution < 1.29 is 9.53 Å². The molecule has 0 unspecified atom stereocenters. The van der Waals surface area contributed by atoms with Crippen LogP contribution in [-0.2, 0) is 4.79 Å². The number of anilines is 1. The van der Waals surface area contributed by atoms with Gasteiger partial charge < -0.3 is 19.4 Å². The molecular weight excluding hydrogens is 294 g/mol. The second kappa shape index (κ2) is 7.12.